The van der Waals surface area contributed by atoms with Gasteiger partial charge in [0.1, 0.15) is 5.60 Å². The highest BCUT2D eigenvalue weighted by molar-refractivity contribution is 7.12. The molecular formula is C10H14N4OS. The van der Waals surface area contributed by atoms with Gasteiger partial charge in [0.05, 0.1) is 7.05 Å². The van der Waals surface area contributed by atoms with Crippen molar-refractivity contribution >= 4 is 11.3 Å². The molecule has 1 unspecified atom stereocenters. The van der Waals surface area contributed by atoms with Crippen LogP contribution in [0.2, 0.25) is 0 Å². The normalized spacial score (nSPS) is 15.0. The largest absolute Gasteiger partial charge is 0.384 e. The first kappa shape index (κ1) is 11.2. The van der Waals surface area contributed by atoms with E-state index in [1.165, 1.54) is 9.67 Å². The minimum atomic E-state index is -0.929. The summed E-state index contributed by atoms with van der Waals surface area (Å²) in [4.78, 5) is 3.50. The van der Waals surface area contributed by atoms with Crippen molar-refractivity contribution in [3.63, 3.8) is 0 Å². The Balaban J connectivity index is 2.19. The fourth-order valence-corrected chi connectivity index (χ4v) is 2.42. The van der Waals surface area contributed by atoms with Crippen molar-refractivity contribution in [2.24, 2.45) is 7.05 Å². The summed E-state index contributed by atoms with van der Waals surface area (Å²) in [7, 11) is 1.71. The lowest BCUT2D eigenvalue weighted by atomic mass is 10.0. The standard InChI is InChI=1S/C10H14N4OS/c1-7-4-5-8(16-7)10(2,15)6-9-11-13-14(3)12-9/h4-5,15H,6H2,1-3H3. The number of aromatic nitrogens is 4. The Bertz CT molecular complexity index is 488. The van der Waals surface area contributed by atoms with Crippen LogP contribution in [0.4, 0.5) is 0 Å². The van der Waals surface area contributed by atoms with Crippen LogP contribution in [0, 0.1) is 6.92 Å². The highest BCUT2D eigenvalue weighted by atomic mass is 32.1. The van der Waals surface area contributed by atoms with Gasteiger partial charge in [-0.05, 0) is 31.2 Å². The molecule has 2 rings (SSSR count). The molecule has 0 saturated heterocycles. The van der Waals surface area contributed by atoms with Crippen molar-refractivity contribution < 1.29 is 5.11 Å². The highest BCUT2D eigenvalue weighted by Crippen LogP contribution is 2.29. The second-order valence-corrected chi connectivity index (χ2v) is 5.34. The molecule has 2 aromatic rings. The van der Waals surface area contributed by atoms with E-state index in [0.717, 1.165) is 4.88 Å². The Morgan fingerprint density at radius 1 is 1.50 bits per heavy atom. The predicted octanol–water partition coefficient (Wildman–Crippen LogP) is 1.03. The maximum atomic E-state index is 10.4. The zero-order valence-corrected chi connectivity index (χ0v) is 10.3. The van der Waals surface area contributed by atoms with Crippen LogP contribution in [-0.4, -0.2) is 25.3 Å². The molecule has 0 radical (unpaired) electrons. The van der Waals surface area contributed by atoms with Crippen LogP contribution in [0.25, 0.3) is 0 Å². The summed E-state index contributed by atoms with van der Waals surface area (Å²) in [5.41, 5.74) is -0.929. The van der Waals surface area contributed by atoms with Crippen LogP contribution in [-0.2, 0) is 19.1 Å². The van der Waals surface area contributed by atoms with Crippen LogP contribution in [0.1, 0.15) is 22.5 Å². The van der Waals surface area contributed by atoms with Gasteiger partial charge in [-0.3, -0.25) is 0 Å². The van der Waals surface area contributed by atoms with Crippen molar-refractivity contribution in [3.8, 4) is 0 Å². The van der Waals surface area contributed by atoms with Crippen molar-refractivity contribution in [3.05, 3.63) is 27.7 Å². The third-order valence-electron chi connectivity index (χ3n) is 2.32. The van der Waals surface area contributed by atoms with Gasteiger partial charge >= 0.3 is 0 Å². The molecule has 6 heteroatoms. The van der Waals surface area contributed by atoms with E-state index in [1.807, 2.05) is 19.1 Å². The molecule has 0 aliphatic carbocycles. The number of hydrogen-bond acceptors (Lipinski definition) is 5. The fraction of sp³-hybridized carbons (Fsp3) is 0.500. The van der Waals surface area contributed by atoms with E-state index in [-0.39, 0.29) is 0 Å². The quantitative estimate of drug-likeness (QED) is 0.867. The molecule has 0 amide bonds. The Kier molecular flexibility index (Phi) is 2.77. The monoisotopic (exact) mass is 238 g/mol. The molecule has 0 bridgehead atoms. The average molecular weight is 238 g/mol. The first-order valence-corrected chi connectivity index (χ1v) is 5.81. The molecule has 1 atom stereocenters. The molecule has 1 N–H and O–H groups in total. The fourth-order valence-electron chi connectivity index (χ4n) is 1.51. The summed E-state index contributed by atoms with van der Waals surface area (Å²) in [6.07, 6.45) is 0.376. The molecule has 2 aromatic heterocycles. The highest BCUT2D eigenvalue weighted by Gasteiger charge is 2.27. The van der Waals surface area contributed by atoms with E-state index in [2.05, 4.69) is 15.4 Å². The summed E-state index contributed by atoms with van der Waals surface area (Å²) < 4.78 is 0. The van der Waals surface area contributed by atoms with Gasteiger partial charge in [-0.25, -0.2) is 0 Å². The molecule has 2 heterocycles. The lowest BCUT2D eigenvalue weighted by molar-refractivity contribution is 0.0592. The van der Waals surface area contributed by atoms with Gasteiger partial charge in [0, 0.05) is 16.2 Å². The van der Waals surface area contributed by atoms with E-state index < -0.39 is 5.60 Å². The molecule has 0 spiro atoms. The van der Waals surface area contributed by atoms with E-state index in [1.54, 1.807) is 25.3 Å². The number of hydrogen-bond donors (Lipinski definition) is 1. The van der Waals surface area contributed by atoms with Gasteiger partial charge in [0.2, 0.25) is 0 Å². The maximum absolute atomic E-state index is 10.4. The van der Waals surface area contributed by atoms with E-state index in [4.69, 9.17) is 0 Å². The number of aliphatic hydroxyl groups is 1. The van der Waals surface area contributed by atoms with Crippen molar-refractivity contribution in [2.45, 2.75) is 25.9 Å². The molecule has 0 fully saturated rings. The Morgan fingerprint density at radius 3 is 2.75 bits per heavy atom. The average Bonchev–Trinajstić information content (AvgIpc) is 2.75. The van der Waals surface area contributed by atoms with Gasteiger partial charge in [-0.15, -0.1) is 21.5 Å². The Morgan fingerprint density at radius 2 is 2.25 bits per heavy atom. The second-order valence-electron chi connectivity index (χ2n) is 4.06. The summed E-state index contributed by atoms with van der Waals surface area (Å²) in [6.45, 7) is 3.79. The van der Waals surface area contributed by atoms with E-state index in [0.29, 0.717) is 12.2 Å². The first-order chi connectivity index (χ1) is 7.47. The molecule has 5 nitrogen and oxygen atoms in total. The zero-order chi connectivity index (χ0) is 11.8. The van der Waals surface area contributed by atoms with Gasteiger partial charge in [0.15, 0.2) is 5.82 Å². The molecule has 0 saturated carbocycles. The molecular weight excluding hydrogens is 224 g/mol. The number of tetrazole rings is 1. The van der Waals surface area contributed by atoms with Gasteiger partial charge in [-0.1, -0.05) is 0 Å². The van der Waals surface area contributed by atoms with Crippen LogP contribution < -0.4 is 0 Å². The lowest BCUT2D eigenvalue weighted by Crippen LogP contribution is -2.23. The number of thiophene rings is 1. The zero-order valence-electron chi connectivity index (χ0n) is 9.51. The third kappa shape index (κ3) is 2.28. The predicted molar refractivity (Wildman–Crippen MR) is 61.1 cm³/mol. The smallest absolute Gasteiger partial charge is 0.178 e. The van der Waals surface area contributed by atoms with Crippen LogP contribution >= 0.6 is 11.3 Å². The minimum absolute atomic E-state index is 0.376. The van der Waals surface area contributed by atoms with Crippen LogP contribution in [0.15, 0.2) is 12.1 Å². The summed E-state index contributed by atoms with van der Waals surface area (Å²) in [5.74, 6) is 0.554. The molecule has 0 aromatic carbocycles. The van der Waals surface area contributed by atoms with Crippen LogP contribution in [0.5, 0.6) is 0 Å². The van der Waals surface area contributed by atoms with Crippen molar-refractivity contribution in [1.29, 1.82) is 0 Å². The van der Waals surface area contributed by atoms with Gasteiger partial charge < -0.3 is 5.11 Å². The molecule has 86 valence electrons. The topological polar surface area (TPSA) is 63.8 Å². The number of aryl methyl sites for hydroxylation is 2. The summed E-state index contributed by atoms with van der Waals surface area (Å²) in [5, 5.41) is 22.0. The summed E-state index contributed by atoms with van der Waals surface area (Å²) in [6, 6.07) is 3.94. The maximum Gasteiger partial charge on any atom is 0.178 e. The Labute approximate surface area is 97.7 Å². The van der Waals surface area contributed by atoms with E-state index in [9.17, 15) is 5.11 Å². The first-order valence-electron chi connectivity index (χ1n) is 4.99. The van der Waals surface area contributed by atoms with Crippen molar-refractivity contribution in [2.75, 3.05) is 0 Å². The Hall–Kier alpha value is -1.27. The second kappa shape index (κ2) is 3.95. The molecule has 0 aliphatic rings. The molecule has 16 heavy (non-hydrogen) atoms. The molecule has 0 aliphatic heterocycles. The van der Waals surface area contributed by atoms with Gasteiger partial charge in [0.25, 0.3) is 0 Å². The number of rotatable bonds is 3. The number of nitrogens with zero attached hydrogens (tertiary/aromatic N) is 4. The van der Waals surface area contributed by atoms with Crippen molar-refractivity contribution in [1.82, 2.24) is 20.2 Å². The lowest BCUT2D eigenvalue weighted by Gasteiger charge is -2.19. The SMILES string of the molecule is Cc1ccc(C(C)(O)Cc2nnn(C)n2)s1. The minimum Gasteiger partial charge on any atom is -0.384 e. The van der Waals surface area contributed by atoms with E-state index >= 15 is 0 Å². The third-order valence-corrected chi connectivity index (χ3v) is 3.58. The van der Waals surface area contributed by atoms with Gasteiger partial charge in [-0.2, -0.15) is 4.80 Å². The summed E-state index contributed by atoms with van der Waals surface area (Å²) >= 11 is 1.59. The van der Waals surface area contributed by atoms with Crippen LogP contribution in [0.3, 0.4) is 0 Å².